The summed E-state index contributed by atoms with van der Waals surface area (Å²) in [6, 6.07) is 1.42. The highest BCUT2D eigenvalue weighted by Gasteiger charge is 2.39. The fraction of sp³-hybridized carbons (Fsp3) is 0.615. The molecule has 2 rings (SSSR count). The van der Waals surface area contributed by atoms with Crippen LogP contribution in [0.4, 0.5) is 0 Å². The average Bonchev–Trinajstić information content (AvgIpc) is 2.80. The van der Waals surface area contributed by atoms with E-state index in [9.17, 15) is 13.2 Å². The Kier molecular flexibility index (Phi) is 4.14. The SMILES string of the molecule is CNC(=O)c1cc(S(=O)(=O)N2CCNCC2(C)C)cn1C. The maximum atomic E-state index is 12.8. The fourth-order valence-electron chi connectivity index (χ4n) is 2.57. The van der Waals surface area contributed by atoms with Crippen molar-refractivity contribution in [2.75, 3.05) is 26.7 Å². The molecule has 7 nitrogen and oxygen atoms in total. The number of sulfonamides is 1. The summed E-state index contributed by atoms with van der Waals surface area (Å²) >= 11 is 0. The highest BCUT2D eigenvalue weighted by molar-refractivity contribution is 7.89. The van der Waals surface area contributed by atoms with Crippen LogP contribution >= 0.6 is 0 Å². The number of nitrogens with one attached hydrogen (secondary N) is 2. The molecule has 0 saturated carbocycles. The molecule has 8 heteroatoms. The molecule has 0 atom stereocenters. The first-order valence-electron chi connectivity index (χ1n) is 6.82. The Labute approximate surface area is 125 Å². The molecule has 0 spiro atoms. The van der Waals surface area contributed by atoms with Crippen LogP contribution in [0.25, 0.3) is 0 Å². The maximum Gasteiger partial charge on any atom is 0.267 e. The zero-order chi connectivity index (χ0) is 15.8. The van der Waals surface area contributed by atoms with Crippen molar-refractivity contribution in [2.45, 2.75) is 24.3 Å². The van der Waals surface area contributed by atoms with Crippen LogP contribution in [-0.2, 0) is 17.1 Å². The molecule has 21 heavy (non-hydrogen) atoms. The van der Waals surface area contributed by atoms with E-state index >= 15 is 0 Å². The fourth-order valence-corrected chi connectivity index (χ4v) is 4.42. The predicted octanol–water partition coefficient (Wildman–Crippen LogP) is -0.243. The summed E-state index contributed by atoms with van der Waals surface area (Å²) < 4.78 is 28.7. The number of aromatic nitrogens is 1. The molecule has 1 amide bonds. The molecule has 0 bridgehead atoms. The highest BCUT2D eigenvalue weighted by atomic mass is 32.2. The van der Waals surface area contributed by atoms with Crippen molar-refractivity contribution in [3.05, 3.63) is 18.0 Å². The zero-order valence-electron chi connectivity index (χ0n) is 12.8. The van der Waals surface area contributed by atoms with Crippen LogP contribution in [0.2, 0.25) is 0 Å². The Hall–Kier alpha value is -1.38. The van der Waals surface area contributed by atoms with Crippen LogP contribution in [-0.4, -0.2) is 55.4 Å². The van der Waals surface area contributed by atoms with Gasteiger partial charge in [0.05, 0.1) is 0 Å². The first kappa shape index (κ1) is 16.0. The standard InChI is InChI=1S/C13H22N4O3S/c1-13(2)9-15-5-6-17(13)21(19,20)10-7-11(12(18)14-3)16(4)8-10/h7-8,15H,5-6,9H2,1-4H3,(H,14,18). The number of rotatable bonds is 3. The van der Waals surface area contributed by atoms with E-state index in [1.807, 2.05) is 13.8 Å². The Morgan fingerprint density at radius 2 is 2.10 bits per heavy atom. The van der Waals surface area contributed by atoms with Gasteiger partial charge in [-0.1, -0.05) is 0 Å². The molecule has 1 aromatic rings. The van der Waals surface area contributed by atoms with Gasteiger partial charge in [-0.15, -0.1) is 0 Å². The number of aryl methyl sites for hydroxylation is 1. The van der Waals surface area contributed by atoms with E-state index < -0.39 is 15.6 Å². The van der Waals surface area contributed by atoms with Gasteiger partial charge in [0.25, 0.3) is 5.91 Å². The Balaban J connectivity index is 2.42. The van der Waals surface area contributed by atoms with E-state index in [1.54, 1.807) is 7.05 Å². The summed E-state index contributed by atoms with van der Waals surface area (Å²) in [5, 5.41) is 5.70. The lowest BCUT2D eigenvalue weighted by Crippen LogP contribution is -2.59. The Morgan fingerprint density at radius 3 is 2.67 bits per heavy atom. The van der Waals surface area contributed by atoms with Crippen LogP contribution in [0.3, 0.4) is 0 Å². The third-order valence-corrected chi connectivity index (χ3v) is 5.83. The van der Waals surface area contributed by atoms with E-state index in [4.69, 9.17) is 0 Å². The maximum absolute atomic E-state index is 12.8. The second-order valence-corrected chi connectivity index (χ2v) is 7.68. The summed E-state index contributed by atoms with van der Waals surface area (Å²) in [6.07, 6.45) is 1.48. The Morgan fingerprint density at radius 1 is 1.43 bits per heavy atom. The molecule has 0 aromatic carbocycles. The van der Waals surface area contributed by atoms with Gasteiger partial charge in [-0.05, 0) is 19.9 Å². The van der Waals surface area contributed by atoms with E-state index in [1.165, 1.54) is 28.2 Å². The third-order valence-electron chi connectivity index (χ3n) is 3.75. The Bertz CT molecular complexity index is 648. The van der Waals surface area contributed by atoms with Crippen LogP contribution in [0.5, 0.6) is 0 Å². The van der Waals surface area contributed by atoms with Gasteiger partial charge in [-0.25, -0.2) is 8.42 Å². The summed E-state index contributed by atoms with van der Waals surface area (Å²) in [4.78, 5) is 11.9. The number of carbonyl (C=O) groups is 1. The second-order valence-electron chi connectivity index (χ2n) is 5.82. The number of nitrogens with zero attached hydrogens (tertiary/aromatic N) is 2. The van der Waals surface area contributed by atoms with Crippen LogP contribution in [0.1, 0.15) is 24.3 Å². The van der Waals surface area contributed by atoms with E-state index in [2.05, 4.69) is 10.6 Å². The largest absolute Gasteiger partial charge is 0.354 e. The lowest BCUT2D eigenvalue weighted by molar-refractivity contribution is 0.0955. The topological polar surface area (TPSA) is 83.4 Å². The molecule has 2 heterocycles. The van der Waals surface area contributed by atoms with Gasteiger partial charge in [0.1, 0.15) is 10.6 Å². The molecule has 1 aliphatic rings. The average molecular weight is 314 g/mol. The van der Waals surface area contributed by atoms with Crippen LogP contribution in [0, 0.1) is 0 Å². The summed E-state index contributed by atoms with van der Waals surface area (Å²) in [6.45, 7) is 5.41. The van der Waals surface area contributed by atoms with Crippen LogP contribution in [0.15, 0.2) is 17.2 Å². The smallest absolute Gasteiger partial charge is 0.267 e. The quantitative estimate of drug-likeness (QED) is 0.806. The lowest BCUT2D eigenvalue weighted by Gasteiger charge is -2.41. The first-order chi connectivity index (χ1) is 9.70. The zero-order valence-corrected chi connectivity index (χ0v) is 13.6. The van der Waals surface area contributed by atoms with Gasteiger partial charge >= 0.3 is 0 Å². The van der Waals surface area contributed by atoms with Gasteiger partial charge < -0.3 is 15.2 Å². The van der Waals surface area contributed by atoms with Crippen molar-refractivity contribution in [2.24, 2.45) is 7.05 Å². The van der Waals surface area contributed by atoms with E-state index in [0.717, 1.165) is 0 Å². The van der Waals surface area contributed by atoms with Crippen molar-refractivity contribution >= 4 is 15.9 Å². The third kappa shape index (κ3) is 2.83. The second kappa shape index (κ2) is 5.43. The number of amides is 1. The normalized spacial score (nSPS) is 19.4. The molecule has 0 radical (unpaired) electrons. The van der Waals surface area contributed by atoms with Crippen molar-refractivity contribution in [3.63, 3.8) is 0 Å². The molecular weight excluding hydrogens is 292 g/mol. The van der Waals surface area contributed by atoms with Gasteiger partial charge in [0.2, 0.25) is 10.0 Å². The number of carbonyl (C=O) groups excluding carboxylic acids is 1. The lowest BCUT2D eigenvalue weighted by atomic mass is 10.0. The van der Waals surface area contributed by atoms with Gasteiger partial charge in [-0.2, -0.15) is 4.31 Å². The summed E-state index contributed by atoms with van der Waals surface area (Å²) in [5.74, 6) is -0.307. The van der Waals surface area contributed by atoms with Crippen molar-refractivity contribution in [1.29, 1.82) is 0 Å². The minimum Gasteiger partial charge on any atom is -0.354 e. The first-order valence-corrected chi connectivity index (χ1v) is 8.26. The van der Waals surface area contributed by atoms with Crippen molar-refractivity contribution in [1.82, 2.24) is 19.5 Å². The summed E-state index contributed by atoms with van der Waals surface area (Å²) in [7, 11) is -0.445. The highest BCUT2D eigenvalue weighted by Crippen LogP contribution is 2.26. The molecule has 0 aliphatic carbocycles. The molecule has 2 N–H and O–H groups in total. The molecule has 118 valence electrons. The molecule has 1 saturated heterocycles. The van der Waals surface area contributed by atoms with E-state index in [0.29, 0.717) is 25.3 Å². The number of hydrogen-bond acceptors (Lipinski definition) is 4. The summed E-state index contributed by atoms with van der Waals surface area (Å²) in [5.41, 5.74) is -0.177. The molecule has 1 fully saturated rings. The van der Waals surface area contributed by atoms with Crippen molar-refractivity contribution < 1.29 is 13.2 Å². The van der Waals surface area contributed by atoms with E-state index in [-0.39, 0.29) is 10.8 Å². The van der Waals surface area contributed by atoms with Crippen LogP contribution < -0.4 is 10.6 Å². The van der Waals surface area contributed by atoms with Gasteiger partial charge in [-0.3, -0.25) is 4.79 Å². The molecule has 1 aliphatic heterocycles. The number of hydrogen-bond donors (Lipinski definition) is 2. The van der Waals surface area contributed by atoms with Gasteiger partial charge in [0.15, 0.2) is 0 Å². The minimum absolute atomic E-state index is 0.151. The molecular formula is C13H22N4O3S. The molecule has 1 aromatic heterocycles. The minimum atomic E-state index is -3.62. The van der Waals surface area contributed by atoms with Gasteiger partial charge in [0, 0.05) is 45.5 Å². The van der Waals surface area contributed by atoms with Crippen molar-refractivity contribution in [3.8, 4) is 0 Å². The molecule has 0 unspecified atom stereocenters. The number of piperazine rings is 1. The monoisotopic (exact) mass is 314 g/mol. The predicted molar refractivity (Wildman–Crippen MR) is 79.6 cm³/mol.